The first kappa shape index (κ1) is 22.7. The lowest BCUT2D eigenvalue weighted by Crippen LogP contribution is -2.48. The van der Waals surface area contributed by atoms with Gasteiger partial charge in [0.1, 0.15) is 5.75 Å². The zero-order chi connectivity index (χ0) is 23.7. The van der Waals surface area contributed by atoms with Crippen molar-refractivity contribution < 1.29 is 13.2 Å². The van der Waals surface area contributed by atoms with Gasteiger partial charge in [-0.05, 0) is 24.3 Å². The Morgan fingerprint density at radius 1 is 1.00 bits per heavy atom. The van der Waals surface area contributed by atoms with Gasteiger partial charge in [0, 0.05) is 38.8 Å². The molecule has 1 saturated heterocycles. The summed E-state index contributed by atoms with van der Waals surface area (Å²) in [5.41, 5.74) is 1.19. The van der Waals surface area contributed by atoms with Gasteiger partial charge in [-0.15, -0.1) is 0 Å². The van der Waals surface area contributed by atoms with E-state index in [2.05, 4.69) is 15.0 Å². The summed E-state index contributed by atoms with van der Waals surface area (Å²) in [4.78, 5) is 20.3. The van der Waals surface area contributed by atoms with Gasteiger partial charge in [-0.2, -0.15) is 13.9 Å². The number of piperazine rings is 1. The number of hydrogen-bond acceptors (Lipinski definition) is 8. The standard InChI is InChI=1S/C23H23N5O4S2/c1-32-20-10-6-5-9-19(20)22-25-28-21(29)15-17(24-23(28)33-22)16-26-11-13-27(14-12-26)34(30,31)18-7-3-2-4-8-18/h2-10,15H,11-14,16H2,1H3. The molecule has 0 amide bonds. The van der Waals surface area contributed by atoms with Crippen molar-refractivity contribution in [2.45, 2.75) is 11.4 Å². The van der Waals surface area contributed by atoms with Crippen molar-refractivity contribution in [2.24, 2.45) is 0 Å². The van der Waals surface area contributed by atoms with Crippen LogP contribution in [0.2, 0.25) is 0 Å². The molecule has 11 heteroatoms. The molecule has 1 aliphatic rings. The van der Waals surface area contributed by atoms with E-state index in [-0.39, 0.29) is 5.56 Å². The summed E-state index contributed by atoms with van der Waals surface area (Å²) < 4.78 is 33.9. The number of ether oxygens (including phenoxy) is 1. The number of benzene rings is 2. The van der Waals surface area contributed by atoms with Crippen molar-refractivity contribution in [3.63, 3.8) is 0 Å². The van der Waals surface area contributed by atoms with Gasteiger partial charge in [-0.1, -0.05) is 41.7 Å². The summed E-state index contributed by atoms with van der Waals surface area (Å²) in [6.07, 6.45) is 0. The number of hydrogen-bond donors (Lipinski definition) is 0. The van der Waals surface area contributed by atoms with Gasteiger partial charge < -0.3 is 4.74 Å². The quantitative estimate of drug-likeness (QED) is 0.403. The Balaban J connectivity index is 1.32. The van der Waals surface area contributed by atoms with Gasteiger partial charge in [0.05, 0.1) is 23.3 Å². The van der Waals surface area contributed by atoms with Crippen LogP contribution in [-0.4, -0.2) is 65.5 Å². The normalized spacial score (nSPS) is 15.6. The number of methoxy groups -OCH3 is 1. The Hall–Kier alpha value is -3.12. The minimum Gasteiger partial charge on any atom is -0.496 e. The van der Waals surface area contributed by atoms with E-state index in [0.717, 1.165) is 5.56 Å². The molecule has 0 radical (unpaired) electrons. The third-order valence-electron chi connectivity index (χ3n) is 5.73. The highest BCUT2D eigenvalue weighted by Crippen LogP contribution is 2.32. The van der Waals surface area contributed by atoms with E-state index in [0.29, 0.717) is 59.0 Å². The second-order valence-corrected chi connectivity index (χ2v) is 10.8. The molecule has 0 bridgehead atoms. The molecule has 1 aliphatic heterocycles. The Morgan fingerprint density at radius 2 is 1.71 bits per heavy atom. The summed E-state index contributed by atoms with van der Waals surface area (Å²) in [5, 5.41) is 5.09. The van der Waals surface area contributed by atoms with E-state index in [1.54, 1.807) is 37.4 Å². The van der Waals surface area contributed by atoms with Crippen molar-refractivity contribution in [2.75, 3.05) is 33.3 Å². The maximum absolute atomic E-state index is 12.8. The molecular formula is C23H23N5O4S2. The third-order valence-corrected chi connectivity index (χ3v) is 8.59. The molecule has 0 atom stereocenters. The molecule has 0 spiro atoms. The first-order valence-corrected chi connectivity index (χ1v) is 13.0. The molecule has 34 heavy (non-hydrogen) atoms. The molecule has 0 saturated carbocycles. The Labute approximate surface area is 200 Å². The summed E-state index contributed by atoms with van der Waals surface area (Å²) in [5.74, 6) is 0.679. The number of para-hydroxylation sites is 1. The van der Waals surface area contributed by atoms with Crippen molar-refractivity contribution in [3.8, 4) is 16.3 Å². The van der Waals surface area contributed by atoms with Gasteiger partial charge in [0.25, 0.3) is 5.56 Å². The summed E-state index contributed by atoms with van der Waals surface area (Å²) >= 11 is 1.33. The highest BCUT2D eigenvalue weighted by atomic mass is 32.2. The van der Waals surface area contributed by atoms with E-state index in [9.17, 15) is 13.2 Å². The van der Waals surface area contributed by atoms with Crippen molar-refractivity contribution in [1.82, 2.24) is 23.8 Å². The largest absolute Gasteiger partial charge is 0.496 e. The molecule has 176 valence electrons. The van der Waals surface area contributed by atoms with E-state index in [4.69, 9.17) is 4.74 Å². The topological polar surface area (TPSA) is 97.1 Å². The zero-order valence-corrected chi connectivity index (χ0v) is 20.1. The smallest absolute Gasteiger partial charge is 0.275 e. The number of fused-ring (bicyclic) bond motifs is 1. The first-order chi connectivity index (χ1) is 16.5. The highest BCUT2D eigenvalue weighted by Gasteiger charge is 2.28. The predicted molar refractivity (Wildman–Crippen MR) is 130 cm³/mol. The van der Waals surface area contributed by atoms with Gasteiger partial charge >= 0.3 is 0 Å². The van der Waals surface area contributed by atoms with Crippen molar-refractivity contribution in [1.29, 1.82) is 0 Å². The van der Waals surface area contributed by atoms with Crippen LogP contribution < -0.4 is 10.3 Å². The molecule has 2 aromatic heterocycles. The Morgan fingerprint density at radius 3 is 2.44 bits per heavy atom. The van der Waals surface area contributed by atoms with Crippen LogP contribution in [0.25, 0.3) is 15.5 Å². The SMILES string of the molecule is COc1ccccc1-c1nn2c(=O)cc(CN3CCN(S(=O)(=O)c4ccccc4)CC3)nc2s1. The zero-order valence-electron chi connectivity index (χ0n) is 18.5. The average molecular weight is 498 g/mol. The second-order valence-electron chi connectivity index (χ2n) is 7.88. The van der Waals surface area contributed by atoms with E-state index >= 15 is 0 Å². The maximum Gasteiger partial charge on any atom is 0.275 e. The second kappa shape index (κ2) is 9.26. The van der Waals surface area contributed by atoms with Crippen LogP contribution in [0.5, 0.6) is 5.75 Å². The van der Waals surface area contributed by atoms with Crippen LogP contribution in [-0.2, 0) is 16.6 Å². The van der Waals surface area contributed by atoms with Gasteiger partial charge in [-0.3, -0.25) is 9.69 Å². The molecular weight excluding hydrogens is 474 g/mol. The minimum absolute atomic E-state index is 0.248. The fourth-order valence-electron chi connectivity index (χ4n) is 3.97. The summed E-state index contributed by atoms with van der Waals surface area (Å²) in [7, 11) is -1.91. The number of nitrogens with zero attached hydrogens (tertiary/aromatic N) is 5. The minimum atomic E-state index is -3.50. The molecule has 0 unspecified atom stereocenters. The number of sulfonamides is 1. The molecule has 0 N–H and O–H groups in total. The number of aromatic nitrogens is 3. The van der Waals surface area contributed by atoms with Crippen LogP contribution in [0.4, 0.5) is 0 Å². The van der Waals surface area contributed by atoms with Gasteiger partial charge in [0.2, 0.25) is 15.0 Å². The molecule has 9 nitrogen and oxygen atoms in total. The van der Waals surface area contributed by atoms with E-state index in [1.165, 1.54) is 26.2 Å². The third kappa shape index (κ3) is 4.34. The van der Waals surface area contributed by atoms with Gasteiger partial charge in [-0.25, -0.2) is 13.4 Å². The fraction of sp³-hybridized carbons (Fsp3) is 0.261. The molecule has 3 heterocycles. The number of rotatable bonds is 6. The lowest BCUT2D eigenvalue weighted by molar-refractivity contribution is 0.180. The van der Waals surface area contributed by atoms with Gasteiger partial charge in [0.15, 0.2) is 5.01 Å². The summed E-state index contributed by atoms with van der Waals surface area (Å²) in [6.45, 7) is 2.35. The molecule has 2 aromatic carbocycles. The Kier molecular flexibility index (Phi) is 6.17. The Bertz CT molecular complexity index is 1480. The highest BCUT2D eigenvalue weighted by molar-refractivity contribution is 7.89. The average Bonchev–Trinajstić information content (AvgIpc) is 3.29. The molecule has 5 rings (SSSR count). The predicted octanol–water partition coefficient (Wildman–Crippen LogP) is 2.33. The molecule has 4 aromatic rings. The maximum atomic E-state index is 12.8. The van der Waals surface area contributed by atoms with Crippen LogP contribution in [0, 0.1) is 0 Å². The lowest BCUT2D eigenvalue weighted by atomic mass is 10.2. The summed E-state index contributed by atoms with van der Waals surface area (Å²) in [6, 6.07) is 17.5. The molecule has 1 fully saturated rings. The molecule has 0 aliphatic carbocycles. The van der Waals surface area contributed by atoms with Crippen molar-refractivity contribution in [3.05, 3.63) is 76.7 Å². The van der Waals surface area contributed by atoms with Crippen molar-refractivity contribution >= 4 is 26.3 Å². The van der Waals surface area contributed by atoms with E-state index in [1.807, 2.05) is 24.3 Å². The van der Waals surface area contributed by atoms with Crippen LogP contribution in [0.15, 0.2) is 70.4 Å². The van der Waals surface area contributed by atoms with Crippen LogP contribution >= 0.6 is 11.3 Å². The lowest BCUT2D eigenvalue weighted by Gasteiger charge is -2.33. The van der Waals surface area contributed by atoms with Crippen LogP contribution in [0.1, 0.15) is 5.69 Å². The fourth-order valence-corrected chi connectivity index (χ4v) is 6.36. The van der Waals surface area contributed by atoms with Crippen LogP contribution in [0.3, 0.4) is 0 Å². The monoisotopic (exact) mass is 497 g/mol. The first-order valence-electron chi connectivity index (χ1n) is 10.8. The van der Waals surface area contributed by atoms with E-state index < -0.39 is 10.0 Å².